The van der Waals surface area contributed by atoms with E-state index in [1.807, 2.05) is 27.7 Å². The van der Waals surface area contributed by atoms with E-state index in [0.29, 0.717) is 26.4 Å². The topological polar surface area (TPSA) is 93.1 Å². The van der Waals surface area contributed by atoms with Crippen LogP contribution in [0.25, 0.3) is 0 Å². The fourth-order valence-electron chi connectivity index (χ4n) is 3.08. The van der Waals surface area contributed by atoms with Crippen molar-refractivity contribution in [3.63, 3.8) is 0 Å². The van der Waals surface area contributed by atoms with Crippen molar-refractivity contribution >= 4 is 11.9 Å². The van der Waals surface area contributed by atoms with E-state index in [2.05, 4.69) is 0 Å². The van der Waals surface area contributed by atoms with Crippen molar-refractivity contribution in [3.05, 3.63) is 0 Å². The first-order chi connectivity index (χ1) is 12.5. The Morgan fingerprint density at radius 2 is 0.963 bits per heavy atom. The molecule has 0 bridgehead atoms. The third-order valence-corrected chi connectivity index (χ3v) is 4.62. The minimum atomic E-state index is -0.736. The Balaban J connectivity index is 3.39. The van der Waals surface area contributed by atoms with Crippen LogP contribution in [-0.2, 0) is 19.1 Å². The van der Waals surface area contributed by atoms with Gasteiger partial charge in [-0.1, -0.05) is 40.5 Å². The number of carbonyl (C=O) groups is 2. The Kier molecular flexibility index (Phi) is 13.4. The normalized spacial score (nSPS) is 12.3. The summed E-state index contributed by atoms with van der Waals surface area (Å²) in [6, 6.07) is 0. The number of hydrogen-bond donors (Lipinski definition) is 2. The standard InChI is InChI=1S/C21H40O6/c1-20(2,16-18(22)23)10-5-7-12-26-14-9-15-27-13-8-6-11-21(3,4)17-19(24)25/h5-17H2,1-4H3,(H,22,23)(H,24,25). The summed E-state index contributed by atoms with van der Waals surface area (Å²) >= 11 is 0. The molecule has 0 aromatic rings. The maximum absolute atomic E-state index is 10.8. The van der Waals surface area contributed by atoms with Crippen LogP contribution < -0.4 is 0 Å². The molecule has 0 heterocycles. The van der Waals surface area contributed by atoms with Crippen LogP contribution in [0.5, 0.6) is 0 Å². The van der Waals surface area contributed by atoms with Crippen molar-refractivity contribution in [3.8, 4) is 0 Å². The van der Waals surface area contributed by atoms with E-state index in [9.17, 15) is 9.59 Å². The van der Waals surface area contributed by atoms with Crippen LogP contribution in [0.15, 0.2) is 0 Å². The van der Waals surface area contributed by atoms with Gasteiger partial charge in [0.2, 0.25) is 0 Å². The van der Waals surface area contributed by atoms with E-state index in [1.165, 1.54) is 0 Å². The SMILES string of the molecule is CC(C)(CCCCOCCCOCCCCC(C)(C)CC(=O)O)CC(=O)O. The number of aliphatic carboxylic acids is 2. The van der Waals surface area contributed by atoms with Gasteiger partial charge >= 0.3 is 11.9 Å². The molecule has 160 valence electrons. The quantitative estimate of drug-likeness (QED) is 0.329. The lowest BCUT2D eigenvalue weighted by molar-refractivity contribution is -0.140. The molecule has 0 saturated carbocycles. The maximum atomic E-state index is 10.8. The molecule has 0 spiro atoms. The number of carboxylic acid groups (broad SMARTS) is 2. The first-order valence-electron chi connectivity index (χ1n) is 10.1. The maximum Gasteiger partial charge on any atom is 0.303 e. The molecule has 0 atom stereocenters. The van der Waals surface area contributed by atoms with E-state index in [4.69, 9.17) is 19.7 Å². The second-order valence-electron chi connectivity index (χ2n) is 8.96. The molecule has 0 fully saturated rings. The fourth-order valence-corrected chi connectivity index (χ4v) is 3.08. The summed E-state index contributed by atoms with van der Waals surface area (Å²) in [4.78, 5) is 21.5. The van der Waals surface area contributed by atoms with Crippen LogP contribution >= 0.6 is 0 Å². The van der Waals surface area contributed by atoms with Crippen LogP contribution in [0, 0.1) is 10.8 Å². The summed E-state index contributed by atoms with van der Waals surface area (Å²) in [5.41, 5.74) is -0.301. The molecular formula is C21H40O6. The summed E-state index contributed by atoms with van der Waals surface area (Å²) in [7, 11) is 0. The van der Waals surface area contributed by atoms with Gasteiger partial charge in [-0.25, -0.2) is 0 Å². The van der Waals surface area contributed by atoms with Crippen molar-refractivity contribution in [2.45, 2.75) is 85.5 Å². The zero-order chi connectivity index (χ0) is 20.8. The van der Waals surface area contributed by atoms with Crippen molar-refractivity contribution < 1.29 is 29.3 Å². The lowest BCUT2D eigenvalue weighted by atomic mass is 9.84. The van der Waals surface area contributed by atoms with Gasteiger partial charge in [0.25, 0.3) is 0 Å². The highest BCUT2D eigenvalue weighted by Gasteiger charge is 2.21. The molecule has 0 aromatic heterocycles. The van der Waals surface area contributed by atoms with E-state index in [0.717, 1.165) is 44.9 Å². The molecule has 0 amide bonds. The lowest BCUT2D eigenvalue weighted by Crippen LogP contribution is -2.17. The molecule has 27 heavy (non-hydrogen) atoms. The number of hydrogen-bond acceptors (Lipinski definition) is 4. The van der Waals surface area contributed by atoms with Crippen molar-refractivity contribution in [1.82, 2.24) is 0 Å². The number of ether oxygens (including phenoxy) is 2. The summed E-state index contributed by atoms with van der Waals surface area (Å²) in [6.07, 6.45) is 6.96. The van der Waals surface area contributed by atoms with E-state index >= 15 is 0 Å². The minimum absolute atomic E-state index is 0.150. The summed E-state index contributed by atoms with van der Waals surface area (Å²) in [5, 5.41) is 17.7. The van der Waals surface area contributed by atoms with Gasteiger partial charge in [0, 0.05) is 26.4 Å². The molecule has 0 aromatic carbocycles. The molecule has 0 aliphatic carbocycles. The number of rotatable bonds is 18. The van der Waals surface area contributed by atoms with Crippen LogP contribution in [0.1, 0.15) is 85.5 Å². The number of carboxylic acids is 2. The van der Waals surface area contributed by atoms with Crippen molar-refractivity contribution in [2.75, 3.05) is 26.4 Å². The van der Waals surface area contributed by atoms with Crippen molar-refractivity contribution in [2.24, 2.45) is 10.8 Å². The third-order valence-electron chi connectivity index (χ3n) is 4.62. The summed E-state index contributed by atoms with van der Waals surface area (Å²) in [5.74, 6) is -1.47. The van der Waals surface area contributed by atoms with E-state index in [-0.39, 0.29) is 23.7 Å². The predicted octanol–water partition coefficient (Wildman–Crippen LogP) is 4.75. The van der Waals surface area contributed by atoms with E-state index < -0.39 is 11.9 Å². The highest BCUT2D eigenvalue weighted by atomic mass is 16.5. The summed E-state index contributed by atoms with van der Waals surface area (Å²) in [6.45, 7) is 10.8. The van der Waals surface area contributed by atoms with Crippen LogP contribution in [0.4, 0.5) is 0 Å². The molecular weight excluding hydrogens is 348 g/mol. The van der Waals surface area contributed by atoms with E-state index in [1.54, 1.807) is 0 Å². The molecule has 0 unspecified atom stereocenters. The first kappa shape index (κ1) is 25.9. The Hall–Kier alpha value is -1.14. The smallest absolute Gasteiger partial charge is 0.303 e. The van der Waals surface area contributed by atoms with Gasteiger partial charge < -0.3 is 19.7 Å². The second-order valence-corrected chi connectivity index (χ2v) is 8.96. The van der Waals surface area contributed by atoms with Gasteiger partial charge in [-0.15, -0.1) is 0 Å². The fraction of sp³-hybridized carbons (Fsp3) is 0.905. The van der Waals surface area contributed by atoms with Crippen LogP contribution in [0.2, 0.25) is 0 Å². The Morgan fingerprint density at radius 3 is 1.30 bits per heavy atom. The molecule has 0 radical (unpaired) electrons. The summed E-state index contributed by atoms with van der Waals surface area (Å²) < 4.78 is 11.2. The molecule has 0 rings (SSSR count). The molecule has 0 aliphatic heterocycles. The predicted molar refractivity (Wildman–Crippen MR) is 106 cm³/mol. The Morgan fingerprint density at radius 1 is 0.630 bits per heavy atom. The van der Waals surface area contributed by atoms with Crippen LogP contribution in [-0.4, -0.2) is 48.6 Å². The third kappa shape index (κ3) is 18.0. The molecule has 0 saturated heterocycles. The zero-order valence-corrected chi connectivity index (χ0v) is 17.7. The minimum Gasteiger partial charge on any atom is -0.481 e. The average Bonchev–Trinajstić information content (AvgIpc) is 2.49. The van der Waals surface area contributed by atoms with Crippen molar-refractivity contribution in [1.29, 1.82) is 0 Å². The van der Waals surface area contributed by atoms with Gasteiger partial charge in [-0.2, -0.15) is 0 Å². The monoisotopic (exact) mass is 388 g/mol. The van der Waals surface area contributed by atoms with Gasteiger partial charge in [-0.3, -0.25) is 9.59 Å². The molecule has 6 nitrogen and oxygen atoms in total. The lowest BCUT2D eigenvalue weighted by Gasteiger charge is -2.22. The van der Waals surface area contributed by atoms with Gasteiger partial charge in [-0.05, 0) is 42.9 Å². The molecule has 6 heteroatoms. The Bertz CT molecular complexity index is 379. The second kappa shape index (κ2) is 13.9. The number of unbranched alkanes of at least 4 members (excludes halogenated alkanes) is 2. The highest BCUT2D eigenvalue weighted by Crippen LogP contribution is 2.28. The van der Waals surface area contributed by atoms with Gasteiger partial charge in [0.05, 0.1) is 12.8 Å². The average molecular weight is 389 g/mol. The Labute approximate surface area is 164 Å². The van der Waals surface area contributed by atoms with Gasteiger partial charge in [0.1, 0.15) is 0 Å². The van der Waals surface area contributed by atoms with Gasteiger partial charge in [0.15, 0.2) is 0 Å². The van der Waals surface area contributed by atoms with Crippen LogP contribution in [0.3, 0.4) is 0 Å². The highest BCUT2D eigenvalue weighted by molar-refractivity contribution is 5.67. The zero-order valence-electron chi connectivity index (χ0n) is 17.7. The largest absolute Gasteiger partial charge is 0.481 e. The first-order valence-corrected chi connectivity index (χ1v) is 10.1. The molecule has 0 aliphatic rings. The molecule has 2 N–H and O–H groups in total.